The van der Waals surface area contributed by atoms with E-state index in [9.17, 15) is 4.79 Å². The van der Waals surface area contributed by atoms with Gasteiger partial charge in [0.25, 0.3) is 5.56 Å². The summed E-state index contributed by atoms with van der Waals surface area (Å²) in [6, 6.07) is 0.389. The van der Waals surface area contributed by atoms with Crippen molar-refractivity contribution in [1.29, 1.82) is 0 Å². The van der Waals surface area contributed by atoms with E-state index in [0.29, 0.717) is 18.4 Å². The topological polar surface area (TPSA) is 58.4 Å². The van der Waals surface area contributed by atoms with E-state index in [-0.39, 0.29) is 12.2 Å². The molecule has 1 aromatic heterocycles. The number of aryl methyl sites for hydroxylation is 1. The molecule has 0 aliphatic heterocycles. The van der Waals surface area contributed by atoms with Gasteiger partial charge in [0.15, 0.2) is 5.82 Å². The van der Waals surface area contributed by atoms with Gasteiger partial charge in [-0.05, 0) is 12.8 Å². The summed E-state index contributed by atoms with van der Waals surface area (Å²) in [4.78, 5) is 17.8. The molecular weight excluding hydrogens is 194 g/mol. The van der Waals surface area contributed by atoms with E-state index < -0.39 is 0 Å². The van der Waals surface area contributed by atoms with Crippen LogP contribution >= 0.6 is 0 Å². The monoisotopic (exact) mass is 209 g/mol. The van der Waals surface area contributed by atoms with Crippen LogP contribution in [0.3, 0.4) is 0 Å². The molecule has 0 amide bonds. The molecule has 0 bridgehead atoms. The van der Waals surface area contributed by atoms with E-state index in [1.54, 1.807) is 19.4 Å². The molecule has 0 radical (unpaired) electrons. The Kier molecular flexibility index (Phi) is 2.73. The van der Waals surface area contributed by atoms with Crippen LogP contribution in [0.15, 0.2) is 17.2 Å². The van der Waals surface area contributed by atoms with Crippen LogP contribution in [0, 0.1) is 0 Å². The van der Waals surface area contributed by atoms with Crippen LogP contribution in [0.4, 0.5) is 5.82 Å². The van der Waals surface area contributed by atoms with Gasteiger partial charge in [0.1, 0.15) is 0 Å². The maximum atomic E-state index is 11.8. The van der Waals surface area contributed by atoms with Crippen LogP contribution in [0.2, 0.25) is 0 Å². The summed E-state index contributed by atoms with van der Waals surface area (Å²) in [5.41, 5.74) is -0.0992. The maximum Gasteiger partial charge on any atom is 0.293 e. The summed E-state index contributed by atoms with van der Waals surface area (Å²) in [6.45, 7) is 0.535. The second-order valence-electron chi connectivity index (χ2n) is 3.82. The predicted octanol–water partition coefficient (Wildman–Crippen LogP) is -0.259. The van der Waals surface area contributed by atoms with Gasteiger partial charge >= 0.3 is 0 Å². The first-order valence-corrected chi connectivity index (χ1v) is 5.13. The van der Waals surface area contributed by atoms with Gasteiger partial charge < -0.3 is 14.6 Å². The van der Waals surface area contributed by atoms with Crippen molar-refractivity contribution in [3.63, 3.8) is 0 Å². The third-order valence-electron chi connectivity index (χ3n) is 2.60. The summed E-state index contributed by atoms with van der Waals surface area (Å²) < 4.78 is 1.51. The molecule has 1 aromatic rings. The predicted molar refractivity (Wildman–Crippen MR) is 56.9 cm³/mol. The average molecular weight is 209 g/mol. The van der Waals surface area contributed by atoms with Crippen molar-refractivity contribution in [3.05, 3.63) is 22.7 Å². The smallest absolute Gasteiger partial charge is 0.293 e. The molecule has 1 fully saturated rings. The Morgan fingerprint density at radius 1 is 1.67 bits per heavy atom. The molecule has 1 aliphatic carbocycles. The Bertz CT molecular complexity index is 398. The molecule has 1 aliphatic rings. The van der Waals surface area contributed by atoms with Crippen LogP contribution in [0.1, 0.15) is 12.8 Å². The molecule has 0 atom stereocenters. The van der Waals surface area contributed by atoms with E-state index in [0.717, 1.165) is 12.8 Å². The van der Waals surface area contributed by atoms with Crippen molar-refractivity contribution in [3.8, 4) is 0 Å². The van der Waals surface area contributed by atoms with Gasteiger partial charge in [0.05, 0.1) is 6.61 Å². The zero-order valence-electron chi connectivity index (χ0n) is 8.76. The van der Waals surface area contributed by atoms with Crippen LogP contribution in [0.5, 0.6) is 0 Å². The molecule has 15 heavy (non-hydrogen) atoms. The van der Waals surface area contributed by atoms with E-state index in [4.69, 9.17) is 5.11 Å². The summed E-state index contributed by atoms with van der Waals surface area (Å²) >= 11 is 0. The molecule has 0 saturated heterocycles. The first kappa shape index (κ1) is 10.2. The molecule has 0 spiro atoms. The molecule has 5 nitrogen and oxygen atoms in total. The lowest BCUT2D eigenvalue weighted by atomic mass is 10.4. The lowest BCUT2D eigenvalue weighted by Crippen LogP contribution is -2.36. The number of rotatable bonds is 4. The van der Waals surface area contributed by atoms with Crippen molar-refractivity contribution in [2.24, 2.45) is 7.05 Å². The first-order valence-electron chi connectivity index (χ1n) is 5.13. The largest absolute Gasteiger partial charge is 0.395 e. The van der Waals surface area contributed by atoms with Gasteiger partial charge in [-0.3, -0.25) is 4.79 Å². The third-order valence-corrected chi connectivity index (χ3v) is 2.60. The van der Waals surface area contributed by atoms with E-state index in [2.05, 4.69) is 4.98 Å². The molecule has 1 saturated carbocycles. The molecule has 5 heteroatoms. The van der Waals surface area contributed by atoms with Gasteiger partial charge in [0, 0.05) is 32.0 Å². The number of aliphatic hydroxyl groups is 1. The molecular formula is C10H15N3O2. The van der Waals surface area contributed by atoms with Crippen molar-refractivity contribution in [1.82, 2.24) is 9.55 Å². The maximum absolute atomic E-state index is 11.8. The fraction of sp³-hybridized carbons (Fsp3) is 0.600. The van der Waals surface area contributed by atoms with Gasteiger partial charge in [-0.1, -0.05) is 0 Å². The summed E-state index contributed by atoms with van der Waals surface area (Å²) in [7, 11) is 1.71. The lowest BCUT2D eigenvalue weighted by Gasteiger charge is -2.21. The van der Waals surface area contributed by atoms with Crippen molar-refractivity contribution >= 4 is 5.82 Å². The van der Waals surface area contributed by atoms with Gasteiger partial charge in [0.2, 0.25) is 0 Å². The van der Waals surface area contributed by atoms with Gasteiger partial charge in [-0.15, -0.1) is 0 Å². The molecule has 2 rings (SSSR count). The van der Waals surface area contributed by atoms with Crippen LogP contribution in [0.25, 0.3) is 0 Å². The lowest BCUT2D eigenvalue weighted by molar-refractivity contribution is 0.301. The minimum atomic E-state index is -0.0992. The second-order valence-corrected chi connectivity index (χ2v) is 3.82. The fourth-order valence-corrected chi connectivity index (χ4v) is 1.64. The number of hydrogen-bond donors (Lipinski definition) is 1. The highest BCUT2D eigenvalue weighted by Gasteiger charge is 2.31. The number of nitrogens with zero attached hydrogens (tertiary/aromatic N) is 3. The summed E-state index contributed by atoms with van der Waals surface area (Å²) in [5.74, 6) is 0.455. The summed E-state index contributed by atoms with van der Waals surface area (Å²) in [6.07, 6.45) is 5.42. The van der Waals surface area contributed by atoms with E-state index >= 15 is 0 Å². The molecule has 0 unspecified atom stereocenters. The highest BCUT2D eigenvalue weighted by molar-refractivity contribution is 5.39. The van der Waals surface area contributed by atoms with Crippen molar-refractivity contribution in [2.45, 2.75) is 18.9 Å². The Balaban J connectivity index is 2.32. The highest BCUT2D eigenvalue weighted by atomic mass is 16.3. The molecule has 82 valence electrons. The Morgan fingerprint density at radius 2 is 2.40 bits per heavy atom. The molecule has 1 N–H and O–H groups in total. The summed E-state index contributed by atoms with van der Waals surface area (Å²) in [5, 5.41) is 8.96. The number of anilines is 1. The van der Waals surface area contributed by atoms with Crippen LogP contribution in [-0.2, 0) is 7.05 Å². The van der Waals surface area contributed by atoms with E-state index in [1.165, 1.54) is 4.57 Å². The van der Waals surface area contributed by atoms with Crippen LogP contribution < -0.4 is 10.5 Å². The second kappa shape index (κ2) is 4.02. The Labute approximate surface area is 88.0 Å². The van der Waals surface area contributed by atoms with Gasteiger partial charge in [-0.2, -0.15) is 0 Å². The normalized spacial score (nSPS) is 15.3. The van der Waals surface area contributed by atoms with Gasteiger partial charge in [-0.25, -0.2) is 4.98 Å². The number of aromatic nitrogens is 2. The van der Waals surface area contributed by atoms with Crippen molar-refractivity contribution < 1.29 is 5.11 Å². The zero-order chi connectivity index (χ0) is 10.8. The molecule has 1 heterocycles. The fourth-order valence-electron chi connectivity index (χ4n) is 1.64. The SMILES string of the molecule is Cn1ccnc(N(CCO)C2CC2)c1=O. The Morgan fingerprint density at radius 3 is 3.00 bits per heavy atom. The quantitative estimate of drug-likeness (QED) is 0.742. The third kappa shape index (κ3) is 2.02. The standard InChI is InChI=1S/C10H15N3O2/c1-12-5-4-11-9(10(12)15)13(6-7-14)8-2-3-8/h4-5,8,14H,2-3,6-7H2,1H3. The minimum Gasteiger partial charge on any atom is -0.395 e. The molecule has 0 aromatic carbocycles. The van der Waals surface area contributed by atoms with E-state index in [1.807, 2.05) is 4.90 Å². The Hall–Kier alpha value is -1.36. The average Bonchev–Trinajstić information content (AvgIpc) is 3.03. The number of aliphatic hydroxyl groups excluding tert-OH is 1. The van der Waals surface area contributed by atoms with Crippen LogP contribution in [-0.4, -0.2) is 33.9 Å². The number of hydrogen-bond acceptors (Lipinski definition) is 4. The zero-order valence-corrected chi connectivity index (χ0v) is 8.76. The first-order chi connectivity index (χ1) is 7.24. The van der Waals surface area contributed by atoms with Crippen molar-refractivity contribution in [2.75, 3.05) is 18.1 Å². The highest BCUT2D eigenvalue weighted by Crippen LogP contribution is 2.28. The minimum absolute atomic E-state index is 0.0518.